The molecule has 1 fully saturated rings. The van der Waals surface area contributed by atoms with Crippen molar-refractivity contribution >= 4 is 11.5 Å². The zero-order chi connectivity index (χ0) is 26.2. The van der Waals surface area contributed by atoms with Crippen molar-refractivity contribution in [3.63, 3.8) is 0 Å². The highest BCUT2D eigenvalue weighted by molar-refractivity contribution is 5.81. The molecule has 2 heterocycles. The molecule has 0 radical (unpaired) electrons. The van der Waals surface area contributed by atoms with Crippen molar-refractivity contribution in [2.24, 2.45) is 0 Å². The lowest BCUT2D eigenvalue weighted by atomic mass is 9.99. The number of aryl methyl sites for hydroxylation is 1. The van der Waals surface area contributed by atoms with Crippen molar-refractivity contribution in [1.29, 1.82) is 0 Å². The number of nitrogens with one attached hydrogen (secondary N) is 1. The lowest BCUT2D eigenvalue weighted by Gasteiger charge is -2.29. The summed E-state index contributed by atoms with van der Waals surface area (Å²) >= 11 is 0. The van der Waals surface area contributed by atoms with Gasteiger partial charge in [-0.2, -0.15) is 0 Å². The summed E-state index contributed by atoms with van der Waals surface area (Å²) in [5.41, 5.74) is 5.89. The summed E-state index contributed by atoms with van der Waals surface area (Å²) in [5, 5.41) is 3.38. The first-order chi connectivity index (χ1) is 18.6. The minimum absolute atomic E-state index is 0.196. The molecule has 1 aliphatic heterocycles. The number of benzene rings is 3. The van der Waals surface area contributed by atoms with Crippen LogP contribution in [-0.4, -0.2) is 36.9 Å². The summed E-state index contributed by atoms with van der Waals surface area (Å²) < 4.78 is 20.3. The SMILES string of the molecule is O=C(CCc1cccnc1)Cc1ccc(OCc2ccc(F)cc2-c2cccc(N3CCNCC3)c2)cc1. The second kappa shape index (κ2) is 12.5. The maximum atomic E-state index is 14.3. The molecule has 5 nitrogen and oxygen atoms in total. The summed E-state index contributed by atoms with van der Waals surface area (Å²) in [6.45, 7) is 4.14. The second-order valence-electron chi connectivity index (χ2n) is 9.60. The average molecular weight is 510 g/mol. The lowest BCUT2D eigenvalue weighted by Crippen LogP contribution is -2.43. The molecule has 0 bridgehead atoms. The lowest BCUT2D eigenvalue weighted by molar-refractivity contribution is -0.118. The Morgan fingerprint density at radius 2 is 1.79 bits per heavy atom. The number of aromatic nitrogens is 1. The minimum atomic E-state index is -0.270. The van der Waals surface area contributed by atoms with Crippen molar-refractivity contribution in [2.75, 3.05) is 31.1 Å². The van der Waals surface area contributed by atoms with E-state index in [-0.39, 0.29) is 11.6 Å². The molecular weight excluding hydrogens is 477 g/mol. The highest BCUT2D eigenvalue weighted by Crippen LogP contribution is 2.29. The van der Waals surface area contributed by atoms with E-state index in [4.69, 9.17) is 4.74 Å². The molecule has 0 atom stereocenters. The van der Waals surface area contributed by atoms with Crippen LogP contribution in [0, 0.1) is 5.82 Å². The smallest absolute Gasteiger partial charge is 0.137 e. The van der Waals surface area contributed by atoms with Crippen molar-refractivity contribution in [3.8, 4) is 16.9 Å². The number of ketones is 1. The second-order valence-corrected chi connectivity index (χ2v) is 9.60. The molecule has 1 aliphatic rings. The predicted molar refractivity (Wildman–Crippen MR) is 149 cm³/mol. The van der Waals surface area contributed by atoms with Gasteiger partial charge in [-0.05, 0) is 76.7 Å². The van der Waals surface area contributed by atoms with Crippen LogP contribution < -0.4 is 15.0 Å². The molecule has 3 aromatic carbocycles. The van der Waals surface area contributed by atoms with Gasteiger partial charge in [-0.3, -0.25) is 9.78 Å². The van der Waals surface area contributed by atoms with Crippen LogP contribution in [-0.2, 0) is 24.2 Å². The van der Waals surface area contributed by atoms with E-state index in [0.717, 1.165) is 59.7 Å². The van der Waals surface area contributed by atoms with Crippen LogP contribution in [0.15, 0.2) is 91.3 Å². The average Bonchev–Trinajstić information content (AvgIpc) is 2.97. The molecule has 38 heavy (non-hydrogen) atoms. The Bertz CT molecular complexity index is 1350. The predicted octanol–water partition coefficient (Wildman–Crippen LogP) is 5.62. The van der Waals surface area contributed by atoms with Gasteiger partial charge in [0.05, 0.1) is 0 Å². The van der Waals surface area contributed by atoms with Crippen molar-refractivity contribution in [1.82, 2.24) is 10.3 Å². The summed E-state index contributed by atoms with van der Waals surface area (Å²) in [5.74, 6) is 0.636. The number of carbonyl (C=O) groups excluding carboxylic acids is 1. The molecule has 6 heteroatoms. The molecule has 0 saturated carbocycles. The Morgan fingerprint density at radius 3 is 2.58 bits per heavy atom. The number of rotatable bonds is 10. The standard InChI is InChI=1S/C32H32FN3O2/c33-28-10-9-27(32(21-28)26-4-1-5-29(20-26)36-17-15-34-16-18-36)23-38-31-12-7-24(8-13-31)19-30(37)11-6-25-3-2-14-35-22-25/h1-5,7-10,12-14,20-22,34H,6,11,15-19,23H2. The number of ether oxygens (including phenoxy) is 1. The first-order valence-corrected chi connectivity index (χ1v) is 13.1. The van der Waals surface area contributed by atoms with Gasteiger partial charge in [-0.15, -0.1) is 0 Å². The Hall–Kier alpha value is -4.03. The summed E-state index contributed by atoms with van der Waals surface area (Å²) in [4.78, 5) is 18.9. The number of hydrogen-bond donors (Lipinski definition) is 1. The largest absolute Gasteiger partial charge is 0.489 e. The van der Waals surface area contributed by atoms with Gasteiger partial charge in [0.2, 0.25) is 0 Å². The summed E-state index contributed by atoms with van der Waals surface area (Å²) in [6.07, 6.45) is 5.12. The fraction of sp³-hybridized carbons (Fsp3) is 0.250. The molecule has 0 aliphatic carbocycles. The molecule has 4 aromatic rings. The first-order valence-electron chi connectivity index (χ1n) is 13.1. The van der Waals surface area contributed by atoms with Gasteiger partial charge < -0.3 is 15.0 Å². The molecule has 1 saturated heterocycles. The number of halogens is 1. The van der Waals surface area contributed by atoms with Gasteiger partial charge in [-0.1, -0.05) is 36.4 Å². The third-order valence-electron chi connectivity index (χ3n) is 6.85. The Kier molecular flexibility index (Phi) is 8.41. The van der Waals surface area contributed by atoms with E-state index in [0.29, 0.717) is 31.6 Å². The van der Waals surface area contributed by atoms with E-state index in [1.807, 2.05) is 48.5 Å². The quantitative estimate of drug-likeness (QED) is 0.301. The number of piperazine rings is 1. The van der Waals surface area contributed by atoms with Crippen molar-refractivity contribution < 1.29 is 13.9 Å². The van der Waals surface area contributed by atoms with Gasteiger partial charge in [-0.25, -0.2) is 4.39 Å². The third-order valence-corrected chi connectivity index (χ3v) is 6.85. The molecule has 5 rings (SSSR count). The summed E-state index contributed by atoms with van der Waals surface area (Å²) in [7, 11) is 0. The van der Waals surface area contributed by atoms with Gasteiger partial charge in [0.25, 0.3) is 0 Å². The van der Waals surface area contributed by atoms with Gasteiger partial charge >= 0.3 is 0 Å². The number of nitrogens with zero attached hydrogens (tertiary/aromatic N) is 2. The highest BCUT2D eigenvalue weighted by Gasteiger charge is 2.13. The number of carbonyl (C=O) groups is 1. The zero-order valence-corrected chi connectivity index (χ0v) is 21.4. The van der Waals surface area contributed by atoms with Crippen LogP contribution in [0.3, 0.4) is 0 Å². The molecular formula is C32H32FN3O2. The molecule has 194 valence electrons. The van der Waals surface area contributed by atoms with E-state index >= 15 is 0 Å². The Labute approximate surface area is 223 Å². The van der Waals surface area contributed by atoms with Crippen LogP contribution >= 0.6 is 0 Å². The Balaban J connectivity index is 1.21. The monoisotopic (exact) mass is 509 g/mol. The van der Waals surface area contributed by atoms with Crippen LogP contribution in [0.4, 0.5) is 10.1 Å². The minimum Gasteiger partial charge on any atom is -0.489 e. The van der Waals surface area contributed by atoms with E-state index in [2.05, 4.69) is 27.3 Å². The maximum Gasteiger partial charge on any atom is 0.137 e. The van der Waals surface area contributed by atoms with Gasteiger partial charge in [0.15, 0.2) is 0 Å². The van der Waals surface area contributed by atoms with E-state index < -0.39 is 0 Å². The fourth-order valence-corrected chi connectivity index (χ4v) is 4.75. The fourth-order valence-electron chi connectivity index (χ4n) is 4.75. The molecule has 0 amide bonds. The van der Waals surface area contributed by atoms with Crippen LogP contribution in [0.25, 0.3) is 11.1 Å². The molecule has 0 unspecified atom stereocenters. The van der Waals surface area contributed by atoms with E-state index in [1.54, 1.807) is 24.5 Å². The van der Waals surface area contributed by atoms with Crippen LogP contribution in [0.5, 0.6) is 5.75 Å². The number of Topliss-reactive ketones (excluding diaryl/α,β-unsaturated/α-hetero) is 1. The van der Waals surface area contributed by atoms with Crippen LogP contribution in [0.1, 0.15) is 23.1 Å². The third kappa shape index (κ3) is 6.84. The van der Waals surface area contributed by atoms with Gasteiger partial charge in [0.1, 0.15) is 24.0 Å². The molecule has 1 aromatic heterocycles. The number of hydrogen-bond acceptors (Lipinski definition) is 5. The summed E-state index contributed by atoms with van der Waals surface area (Å²) in [6, 6.07) is 24.6. The zero-order valence-electron chi connectivity index (χ0n) is 21.4. The normalized spacial score (nSPS) is 13.3. The van der Waals surface area contributed by atoms with Gasteiger partial charge in [0, 0.05) is 57.1 Å². The first kappa shape index (κ1) is 25.6. The van der Waals surface area contributed by atoms with Crippen molar-refractivity contribution in [3.05, 3.63) is 114 Å². The van der Waals surface area contributed by atoms with E-state index in [1.165, 1.54) is 6.07 Å². The topological polar surface area (TPSA) is 54.5 Å². The number of anilines is 1. The molecule has 1 N–H and O–H groups in total. The molecule has 0 spiro atoms. The van der Waals surface area contributed by atoms with E-state index in [9.17, 15) is 9.18 Å². The van der Waals surface area contributed by atoms with Crippen LogP contribution in [0.2, 0.25) is 0 Å². The maximum absolute atomic E-state index is 14.3. The number of pyridine rings is 1. The Morgan fingerprint density at radius 1 is 0.947 bits per heavy atom. The highest BCUT2D eigenvalue weighted by atomic mass is 19.1. The van der Waals surface area contributed by atoms with Crippen molar-refractivity contribution in [2.45, 2.75) is 25.9 Å².